The Morgan fingerprint density at radius 1 is 1.25 bits per heavy atom. The van der Waals surface area contributed by atoms with Gasteiger partial charge in [0.15, 0.2) is 0 Å². The number of esters is 1. The quantitative estimate of drug-likeness (QED) is 0.873. The van der Waals surface area contributed by atoms with Gasteiger partial charge in [-0.25, -0.2) is 9.78 Å². The number of nitrogens with zero attached hydrogens (tertiary/aromatic N) is 1. The second-order valence-electron chi connectivity index (χ2n) is 4.05. The first-order valence-electron chi connectivity index (χ1n) is 5.81. The number of pyridine rings is 1. The van der Waals surface area contributed by atoms with E-state index >= 15 is 0 Å². The molecule has 0 bridgehead atoms. The summed E-state index contributed by atoms with van der Waals surface area (Å²) >= 11 is 11.9. The summed E-state index contributed by atoms with van der Waals surface area (Å²) in [5.41, 5.74) is 2.01. The summed E-state index contributed by atoms with van der Waals surface area (Å²) in [6.07, 6.45) is 1.57. The van der Waals surface area contributed by atoms with Crippen LogP contribution in [0.3, 0.4) is 0 Å². The molecule has 20 heavy (non-hydrogen) atoms. The van der Waals surface area contributed by atoms with Gasteiger partial charge >= 0.3 is 5.97 Å². The molecule has 0 radical (unpaired) electrons. The van der Waals surface area contributed by atoms with Gasteiger partial charge in [-0.15, -0.1) is 0 Å². The maximum absolute atomic E-state index is 11.2. The largest absolute Gasteiger partial charge is 0.464 e. The molecule has 0 amide bonds. The monoisotopic (exact) mass is 310 g/mol. The standard InChI is InChI=1S/C14H12Cl2N2O2/c1-20-14(19)13-3-2-12(8-18-13)17-7-9-4-10(15)6-11(16)5-9/h2-6,8,17H,7H2,1H3. The van der Waals surface area contributed by atoms with Gasteiger partial charge in [-0.3, -0.25) is 0 Å². The van der Waals surface area contributed by atoms with Gasteiger partial charge in [0.25, 0.3) is 0 Å². The number of ether oxygens (including phenoxy) is 1. The van der Waals surface area contributed by atoms with Gasteiger partial charge in [0.2, 0.25) is 0 Å². The molecular formula is C14H12Cl2N2O2. The highest BCUT2D eigenvalue weighted by Gasteiger charge is 2.06. The zero-order chi connectivity index (χ0) is 14.5. The Morgan fingerprint density at radius 2 is 1.95 bits per heavy atom. The molecule has 1 heterocycles. The van der Waals surface area contributed by atoms with Crippen molar-refractivity contribution >= 4 is 34.9 Å². The van der Waals surface area contributed by atoms with Gasteiger partial charge in [0.05, 0.1) is 19.0 Å². The average molecular weight is 311 g/mol. The average Bonchev–Trinajstić information content (AvgIpc) is 2.44. The van der Waals surface area contributed by atoms with Gasteiger partial charge in [-0.1, -0.05) is 23.2 Å². The Kier molecular flexibility index (Phi) is 4.82. The van der Waals surface area contributed by atoms with E-state index in [9.17, 15) is 4.79 Å². The van der Waals surface area contributed by atoms with Crippen molar-refractivity contribution in [1.29, 1.82) is 0 Å². The van der Waals surface area contributed by atoms with Crippen LogP contribution in [0.15, 0.2) is 36.5 Å². The van der Waals surface area contributed by atoms with E-state index in [4.69, 9.17) is 23.2 Å². The van der Waals surface area contributed by atoms with Crippen molar-refractivity contribution in [2.45, 2.75) is 6.54 Å². The van der Waals surface area contributed by atoms with E-state index in [-0.39, 0.29) is 5.69 Å². The lowest BCUT2D eigenvalue weighted by atomic mass is 10.2. The normalized spacial score (nSPS) is 10.2. The molecule has 6 heteroatoms. The molecule has 1 N–H and O–H groups in total. The molecule has 0 atom stereocenters. The molecule has 0 saturated heterocycles. The molecule has 1 aromatic heterocycles. The molecule has 0 fully saturated rings. The fraction of sp³-hybridized carbons (Fsp3) is 0.143. The highest BCUT2D eigenvalue weighted by Crippen LogP contribution is 2.20. The Bertz CT molecular complexity index is 595. The molecular weight excluding hydrogens is 299 g/mol. The van der Waals surface area contributed by atoms with Gasteiger partial charge in [0.1, 0.15) is 5.69 Å². The Labute approximate surface area is 126 Å². The lowest BCUT2D eigenvalue weighted by Gasteiger charge is -2.07. The third-order valence-corrected chi connectivity index (χ3v) is 3.01. The van der Waals surface area contributed by atoms with Crippen LogP contribution in [0.4, 0.5) is 5.69 Å². The molecule has 0 aliphatic heterocycles. The van der Waals surface area contributed by atoms with Crippen LogP contribution in [0, 0.1) is 0 Å². The topological polar surface area (TPSA) is 51.2 Å². The molecule has 0 spiro atoms. The highest BCUT2D eigenvalue weighted by molar-refractivity contribution is 6.34. The predicted molar refractivity (Wildman–Crippen MR) is 79.4 cm³/mol. The minimum atomic E-state index is -0.460. The molecule has 1 aromatic carbocycles. The minimum absolute atomic E-state index is 0.267. The zero-order valence-electron chi connectivity index (χ0n) is 10.7. The van der Waals surface area contributed by atoms with Gasteiger partial charge in [-0.05, 0) is 35.9 Å². The van der Waals surface area contributed by atoms with E-state index in [1.807, 2.05) is 12.1 Å². The van der Waals surface area contributed by atoms with E-state index in [2.05, 4.69) is 15.0 Å². The number of rotatable bonds is 4. The van der Waals surface area contributed by atoms with Crippen molar-refractivity contribution in [1.82, 2.24) is 4.98 Å². The van der Waals surface area contributed by atoms with Crippen LogP contribution in [0.2, 0.25) is 10.0 Å². The Balaban J connectivity index is 2.02. The van der Waals surface area contributed by atoms with Crippen LogP contribution < -0.4 is 5.32 Å². The summed E-state index contributed by atoms with van der Waals surface area (Å²) in [5, 5.41) is 4.35. The molecule has 4 nitrogen and oxygen atoms in total. The number of nitrogens with one attached hydrogen (secondary N) is 1. The smallest absolute Gasteiger partial charge is 0.356 e. The summed E-state index contributed by atoms with van der Waals surface area (Å²) in [6.45, 7) is 0.555. The fourth-order valence-electron chi connectivity index (χ4n) is 1.64. The number of methoxy groups -OCH3 is 1. The van der Waals surface area contributed by atoms with Gasteiger partial charge < -0.3 is 10.1 Å². The number of hydrogen-bond donors (Lipinski definition) is 1. The van der Waals surface area contributed by atoms with Crippen molar-refractivity contribution < 1.29 is 9.53 Å². The van der Waals surface area contributed by atoms with Crippen molar-refractivity contribution in [3.05, 3.63) is 57.8 Å². The van der Waals surface area contributed by atoms with Crippen LogP contribution in [-0.4, -0.2) is 18.1 Å². The minimum Gasteiger partial charge on any atom is -0.464 e. The van der Waals surface area contributed by atoms with Crippen LogP contribution in [-0.2, 0) is 11.3 Å². The summed E-state index contributed by atoms with van der Waals surface area (Å²) < 4.78 is 4.58. The molecule has 2 aromatic rings. The second-order valence-corrected chi connectivity index (χ2v) is 4.93. The Hall–Kier alpha value is -1.78. The van der Waals surface area contributed by atoms with Crippen molar-refractivity contribution in [3.63, 3.8) is 0 Å². The number of benzene rings is 1. The molecule has 104 valence electrons. The first kappa shape index (κ1) is 14.6. The van der Waals surface area contributed by atoms with Crippen molar-refractivity contribution in [2.24, 2.45) is 0 Å². The number of carbonyl (C=O) groups is 1. The number of hydrogen-bond acceptors (Lipinski definition) is 4. The molecule has 0 aliphatic rings. The Morgan fingerprint density at radius 3 is 2.50 bits per heavy atom. The van der Waals surface area contributed by atoms with E-state index < -0.39 is 5.97 Å². The number of halogens is 2. The third-order valence-electron chi connectivity index (χ3n) is 2.58. The van der Waals surface area contributed by atoms with Crippen molar-refractivity contribution in [3.8, 4) is 0 Å². The van der Waals surface area contributed by atoms with Crippen LogP contribution in [0.25, 0.3) is 0 Å². The lowest BCUT2D eigenvalue weighted by molar-refractivity contribution is 0.0594. The second kappa shape index (κ2) is 6.59. The number of carbonyl (C=O) groups excluding carboxylic acids is 1. The maximum Gasteiger partial charge on any atom is 0.356 e. The van der Waals surface area contributed by atoms with Crippen LogP contribution in [0.1, 0.15) is 16.1 Å². The number of anilines is 1. The van der Waals surface area contributed by atoms with E-state index in [0.717, 1.165) is 11.3 Å². The van der Waals surface area contributed by atoms with Gasteiger partial charge in [-0.2, -0.15) is 0 Å². The van der Waals surface area contributed by atoms with Crippen molar-refractivity contribution in [2.75, 3.05) is 12.4 Å². The summed E-state index contributed by atoms with van der Waals surface area (Å²) in [5.74, 6) is -0.460. The number of aromatic nitrogens is 1. The molecule has 0 aliphatic carbocycles. The lowest BCUT2D eigenvalue weighted by Crippen LogP contribution is -2.05. The summed E-state index contributed by atoms with van der Waals surface area (Å²) in [7, 11) is 1.32. The molecule has 2 rings (SSSR count). The predicted octanol–water partition coefficient (Wildman–Crippen LogP) is 3.79. The third kappa shape index (κ3) is 3.85. The SMILES string of the molecule is COC(=O)c1ccc(NCc2cc(Cl)cc(Cl)c2)cn1. The highest BCUT2D eigenvalue weighted by atomic mass is 35.5. The summed E-state index contributed by atoms with van der Waals surface area (Å²) in [4.78, 5) is 15.3. The molecule has 0 unspecified atom stereocenters. The van der Waals surface area contributed by atoms with E-state index in [0.29, 0.717) is 16.6 Å². The van der Waals surface area contributed by atoms with Crippen LogP contribution in [0.5, 0.6) is 0 Å². The van der Waals surface area contributed by atoms with E-state index in [1.165, 1.54) is 7.11 Å². The first-order chi connectivity index (χ1) is 9.58. The first-order valence-corrected chi connectivity index (χ1v) is 6.57. The van der Waals surface area contributed by atoms with Gasteiger partial charge in [0, 0.05) is 16.6 Å². The maximum atomic E-state index is 11.2. The fourth-order valence-corrected chi connectivity index (χ4v) is 2.21. The van der Waals surface area contributed by atoms with Crippen LogP contribution >= 0.6 is 23.2 Å². The van der Waals surface area contributed by atoms with E-state index in [1.54, 1.807) is 24.4 Å². The molecule has 0 saturated carbocycles. The zero-order valence-corrected chi connectivity index (χ0v) is 12.2. The summed E-state index contributed by atoms with van der Waals surface area (Å²) in [6, 6.07) is 8.69.